The first kappa shape index (κ1) is 18.5. The average Bonchev–Trinajstić information content (AvgIpc) is 2.67. The average molecular weight is 361 g/mol. The molecule has 0 unspecified atom stereocenters. The van der Waals surface area contributed by atoms with Crippen LogP contribution in [-0.4, -0.2) is 20.9 Å². The summed E-state index contributed by atoms with van der Waals surface area (Å²) in [6, 6.07) is 13.6. The zero-order valence-corrected chi connectivity index (χ0v) is 15.7. The first-order chi connectivity index (χ1) is 12.9. The second-order valence-electron chi connectivity index (χ2n) is 7.28. The van der Waals surface area contributed by atoms with Crippen molar-refractivity contribution in [2.45, 2.75) is 32.7 Å². The second-order valence-corrected chi connectivity index (χ2v) is 7.28. The van der Waals surface area contributed by atoms with Crippen molar-refractivity contribution in [1.29, 1.82) is 0 Å². The topological polar surface area (TPSA) is 79.8 Å². The van der Waals surface area contributed by atoms with Gasteiger partial charge in [0.15, 0.2) is 0 Å². The number of rotatable bonds is 5. The minimum Gasteiger partial charge on any atom is -0.347 e. The molecule has 138 valence electrons. The summed E-state index contributed by atoms with van der Waals surface area (Å²) in [5.41, 5.74) is 3.50. The molecule has 27 heavy (non-hydrogen) atoms. The van der Waals surface area contributed by atoms with Crippen LogP contribution >= 0.6 is 0 Å². The molecule has 0 radical (unpaired) electrons. The highest BCUT2D eigenvalue weighted by atomic mass is 16.1. The molecule has 3 aromatic rings. The molecule has 0 spiro atoms. The Morgan fingerprint density at radius 1 is 1.07 bits per heavy atom. The molecule has 2 N–H and O–H groups in total. The lowest BCUT2D eigenvalue weighted by Crippen LogP contribution is -2.24. The largest absolute Gasteiger partial charge is 0.347 e. The Labute approximate surface area is 159 Å². The highest BCUT2D eigenvalue weighted by Crippen LogP contribution is 2.24. The van der Waals surface area contributed by atoms with Crippen LogP contribution < -0.4 is 10.6 Å². The lowest BCUT2D eigenvalue weighted by Gasteiger charge is -2.19. The molecule has 0 aliphatic heterocycles. The van der Waals surface area contributed by atoms with Gasteiger partial charge in [0.05, 0.1) is 0 Å². The molecule has 6 heteroatoms. The molecule has 0 aliphatic carbocycles. The van der Waals surface area contributed by atoms with Crippen molar-refractivity contribution >= 4 is 17.4 Å². The summed E-state index contributed by atoms with van der Waals surface area (Å²) >= 11 is 0. The van der Waals surface area contributed by atoms with Gasteiger partial charge in [0, 0.05) is 30.7 Å². The number of hydrogen-bond donors (Lipinski definition) is 2. The fraction of sp³-hybridized carbons (Fsp3) is 0.238. The van der Waals surface area contributed by atoms with Gasteiger partial charge in [0.2, 0.25) is 0 Å². The summed E-state index contributed by atoms with van der Waals surface area (Å²) in [6.45, 7) is 6.93. The number of aromatic nitrogens is 3. The molecule has 3 rings (SSSR count). The van der Waals surface area contributed by atoms with E-state index >= 15 is 0 Å². The van der Waals surface area contributed by atoms with Gasteiger partial charge in [0.25, 0.3) is 5.91 Å². The molecule has 0 atom stereocenters. The predicted molar refractivity (Wildman–Crippen MR) is 106 cm³/mol. The SMILES string of the molecule is CC(C)(C)c1ccc(Nc2cc(C(=O)NCc3cccnc3)ncn2)cc1. The van der Waals surface area contributed by atoms with Crippen LogP contribution in [0.4, 0.5) is 11.5 Å². The first-order valence-electron chi connectivity index (χ1n) is 8.78. The molecule has 0 fully saturated rings. The van der Waals surface area contributed by atoms with Crippen molar-refractivity contribution in [2.75, 3.05) is 5.32 Å². The minimum atomic E-state index is -0.257. The smallest absolute Gasteiger partial charge is 0.270 e. The van der Waals surface area contributed by atoms with E-state index in [1.807, 2.05) is 24.3 Å². The third kappa shape index (κ3) is 5.10. The highest BCUT2D eigenvalue weighted by molar-refractivity contribution is 5.92. The lowest BCUT2D eigenvalue weighted by atomic mass is 9.87. The summed E-state index contributed by atoms with van der Waals surface area (Å²) < 4.78 is 0. The van der Waals surface area contributed by atoms with Crippen molar-refractivity contribution in [2.24, 2.45) is 0 Å². The Morgan fingerprint density at radius 2 is 1.85 bits per heavy atom. The molecule has 6 nitrogen and oxygen atoms in total. The van der Waals surface area contributed by atoms with E-state index in [0.29, 0.717) is 18.1 Å². The van der Waals surface area contributed by atoms with Crippen LogP contribution in [0.3, 0.4) is 0 Å². The quantitative estimate of drug-likeness (QED) is 0.722. The maximum Gasteiger partial charge on any atom is 0.270 e. The summed E-state index contributed by atoms with van der Waals surface area (Å²) in [4.78, 5) is 24.6. The van der Waals surface area contributed by atoms with Crippen LogP contribution in [-0.2, 0) is 12.0 Å². The van der Waals surface area contributed by atoms with Crippen LogP contribution in [0.2, 0.25) is 0 Å². The van der Waals surface area contributed by atoms with E-state index < -0.39 is 0 Å². The van der Waals surface area contributed by atoms with Gasteiger partial charge in [-0.05, 0) is 34.7 Å². The molecule has 0 saturated heterocycles. The van der Waals surface area contributed by atoms with Crippen LogP contribution in [0.15, 0.2) is 61.2 Å². The van der Waals surface area contributed by atoms with Gasteiger partial charge in [-0.1, -0.05) is 39.0 Å². The fourth-order valence-electron chi connectivity index (χ4n) is 2.53. The highest BCUT2D eigenvalue weighted by Gasteiger charge is 2.13. The van der Waals surface area contributed by atoms with Crippen LogP contribution in [0.1, 0.15) is 42.4 Å². The van der Waals surface area contributed by atoms with Gasteiger partial charge in [-0.25, -0.2) is 9.97 Å². The third-order valence-electron chi connectivity index (χ3n) is 4.10. The fourth-order valence-corrected chi connectivity index (χ4v) is 2.53. The zero-order chi connectivity index (χ0) is 19.3. The standard InChI is InChI=1S/C21H23N5O/c1-21(2,3)16-6-8-17(9-7-16)26-19-11-18(24-14-25-19)20(27)23-13-15-5-4-10-22-12-15/h4-12,14H,13H2,1-3H3,(H,23,27)(H,24,25,26). The van der Waals surface area contributed by atoms with Crippen LogP contribution in [0.25, 0.3) is 0 Å². The van der Waals surface area contributed by atoms with Gasteiger partial charge in [0.1, 0.15) is 17.8 Å². The van der Waals surface area contributed by atoms with Gasteiger partial charge >= 0.3 is 0 Å². The Bertz CT molecular complexity index is 902. The van der Waals surface area contributed by atoms with Crippen molar-refractivity contribution in [3.8, 4) is 0 Å². The number of benzene rings is 1. The zero-order valence-electron chi connectivity index (χ0n) is 15.7. The molecule has 1 amide bonds. The number of nitrogens with zero attached hydrogens (tertiary/aromatic N) is 3. The number of pyridine rings is 1. The normalized spacial score (nSPS) is 11.1. The van der Waals surface area contributed by atoms with Crippen molar-refractivity contribution in [3.05, 3.63) is 78.0 Å². The summed E-state index contributed by atoms with van der Waals surface area (Å²) in [7, 11) is 0. The summed E-state index contributed by atoms with van der Waals surface area (Å²) in [6.07, 6.45) is 4.79. The molecule has 0 aliphatic rings. The maximum atomic E-state index is 12.3. The first-order valence-corrected chi connectivity index (χ1v) is 8.78. The van der Waals surface area contributed by atoms with E-state index in [4.69, 9.17) is 0 Å². The van der Waals surface area contributed by atoms with E-state index in [2.05, 4.69) is 58.5 Å². The summed E-state index contributed by atoms with van der Waals surface area (Å²) in [5.74, 6) is 0.312. The van der Waals surface area contributed by atoms with Gasteiger partial charge in [-0.15, -0.1) is 0 Å². The number of carbonyl (C=O) groups is 1. The van der Waals surface area contributed by atoms with E-state index in [1.54, 1.807) is 18.5 Å². The number of anilines is 2. The van der Waals surface area contributed by atoms with E-state index in [-0.39, 0.29) is 11.3 Å². The van der Waals surface area contributed by atoms with E-state index in [9.17, 15) is 4.79 Å². The van der Waals surface area contributed by atoms with Gasteiger partial charge < -0.3 is 10.6 Å². The Balaban J connectivity index is 1.65. The molecule has 2 aromatic heterocycles. The van der Waals surface area contributed by atoms with Gasteiger partial charge in [-0.2, -0.15) is 0 Å². The molecule has 2 heterocycles. The van der Waals surface area contributed by atoms with Crippen LogP contribution in [0, 0.1) is 0 Å². The minimum absolute atomic E-state index is 0.104. The van der Waals surface area contributed by atoms with E-state index in [0.717, 1.165) is 11.3 Å². The number of hydrogen-bond acceptors (Lipinski definition) is 5. The van der Waals surface area contributed by atoms with Crippen molar-refractivity contribution in [1.82, 2.24) is 20.3 Å². The predicted octanol–water partition coefficient (Wildman–Crippen LogP) is 3.84. The molecular formula is C21H23N5O. The maximum absolute atomic E-state index is 12.3. The molecule has 1 aromatic carbocycles. The van der Waals surface area contributed by atoms with E-state index in [1.165, 1.54) is 11.9 Å². The lowest BCUT2D eigenvalue weighted by molar-refractivity contribution is 0.0945. The molecular weight excluding hydrogens is 338 g/mol. The number of nitrogens with one attached hydrogen (secondary N) is 2. The summed E-state index contributed by atoms with van der Waals surface area (Å²) in [5, 5.41) is 6.04. The Kier molecular flexibility index (Phi) is 5.45. The second kappa shape index (κ2) is 7.95. The Hall–Kier alpha value is -3.28. The van der Waals surface area contributed by atoms with Crippen LogP contribution in [0.5, 0.6) is 0 Å². The number of amides is 1. The van der Waals surface area contributed by atoms with Crippen molar-refractivity contribution < 1.29 is 4.79 Å². The molecule has 0 saturated carbocycles. The third-order valence-corrected chi connectivity index (χ3v) is 4.10. The van der Waals surface area contributed by atoms with Gasteiger partial charge in [-0.3, -0.25) is 9.78 Å². The monoisotopic (exact) mass is 361 g/mol. The van der Waals surface area contributed by atoms with Crippen molar-refractivity contribution in [3.63, 3.8) is 0 Å². The number of carbonyl (C=O) groups excluding carboxylic acids is 1. The Morgan fingerprint density at radius 3 is 2.52 bits per heavy atom. The molecule has 0 bridgehead atoms.